The minimum Gasteiger partial charge on any atom is -0.310 e. The van der Waals surface area contributed by atoms with Crippen LogP contribution in [0.3, 0.4) is 0 Å². The predicted molar refractivity (Wildman–Crippen MR) is 182 cm³/mol. The number of nitrogens with zero attached hydrogens (tertiary/aromatic N) is 1. The molecule has 0 atom stereocenters. The smallest absolute Gasteiger partial charge is 0.0465 e. The molecule has 8 rings (SSSR count). The van der Waals surface area contributed by atoms with Crippen LogP contribution in [-0.4, -0.2) is 0 Å². The van der Waals surface area contributed by atoms with Crippen LogP contribution in [0.5, 0.6) is 0 Å². The molecular weight excluding hydrogens is 518 g/mol. The van der Waals surface area contributed by atoms with Crippen LogP contribution in [0.25, 0.3) is 27.8 Å². The van der Waals surface area contributed by atoms with E-state index in [0.29, 0.717) is 0 Å². The maximum Gasteiger partial charge on any atom is 0.0465 e. The van der Waals surface area contributed by atoms with Gasteiger partial charge in [-0.05, 0) is 105 Å². The first kappa shape index (κ1) is 26.0. The highest BCUT2D eigenvalue weighted by atomic mass is 15.1. The summed E-state index contributed by atoms with van der Waals surface area (Å²) in [6.45, 7) is 9.51. The Hall–Kier alpha value is -4.62. The van der Waals surface area contributed by atoms with E-state index in [4.69, 9.17) is 0 Å². The van der Waals surface area contributed by atoms with Gasteiger partial charge in [0.05, 0.1) is 0 Å². The Morgan fingerprint density at radius 1 is 0.512 bits per heavy atom. The first-order valence-corrected chi connectivity index (χ1v) is 15.6. The topological polar surface area (TPSA) is 3.24 Å². The van der Waals surface area contributed by atoms with Crippen LogP contribution in [-0.2, 0) is 10.8 Å². The van der Waals surface area contributed by atoms with Crippen LogP contribution < -0.4 is 4.90 Å². The molecule has 0 unspecified atom stereocenters. The van der Waals surface area contributed by atoms with Crippen LogP contribution in [0.4, 0.5) is 17.1 Å². The van der Waals surface area contributed by atoms with E-state index >= 15 is 0 Å². The second-order valence-electron chi connectivity index (χ2n) is 13.3. The molecule has 0 fully saturated rings. The number of anilines is 3. The minimum atomic E-state index is -0.0555. The molecule has 1 nitrogen and oxygen atoms in total. The van der Waals surface area contributed by atoms with E-state index in [1.165, 1.54) is 72.7 Å². The highest BCUT2D eigenvalue weighted by molar-refractivity contribution is 5.89. The van der Waals surface area contributed by atoms with Gasteiger partial charge < -0.3 is 4.90 Å². The number of allylic oxidation sites excluding steroid dienone is 4. The molecule has 43 heavy (non-hydrogen) atoms. The van der Waals surface area contributed by atoms with Gasteiger partial charge in [-0.1, -0.05) is 119 Å². The highest BCUT2D eigenvalue weighted by Gasteiger charge is 2.38. The van der Waals surface area contributed by atoms with Gasteiger partial charge in [0.2, 0.25) is 0 Å². The molecule has 1 heteroatoms. The van der Waals surface area contributed by atoms with Gasteiger partial charge in [-0.25, -0.2) is 0 Å². The zero-order valence-electron chi connectivity index (χ0n) is 25.5. The van der Waals surface area contributed by atoms with E-state index in [1.54, 1.807) is 0 Å². The average molecular weight is 556 g/mol. The molecule has 0 N–H and O–H groups in total. The van der Waals surface area contributed by atoms with Gasteiger partial charge in [-0.15, -0.1) is 0 Å². The van der Waals surface area contributed by atoms with E-state index in [2.05, 4.69) is 160 Å². The molecule has 3 aliphatic rings. The van der Waals surface area contributed by atoms with Crippen LogP contribution in [0, 0.1) is 0 Å². The SMILES string of the molecule is CC1(C)C2=C(CCC=C2)c2ccc(N(c3ccc(-c4ccccc4)cc3)c3ccc4c(c3)C(C)(C)c3ccccc3-4)cc21. The van der Waals surface area contributed by atoms with Gasteiger partial charge in [0, 0.05) is 27.9 Å². The van der Waals surface area contributed by atoms with E-state index < -0.39 is 0 Å². The number of hydrogen-bond donors (Lipinski definition) is 0. The van der Waals surface area contributed by atoms with Gasteiger partial charge in [-0.2, -0.15) is 0 Å². The summed E-state index contributed by atoms with van der Waals surface area (Å²) >= 11 is 0. The van der Waals surface area contributed by atoms with Gasteiger partial charge >= 0.3 is 0 Å². The quantitative estimate of drug-likeness (QED) is 0.213. The van der Waals surface area contributed by atoms with Gasteiger partial charge in [-0.3, -0.25) is 0 Å². The van der Waals surface area contributed by atoms with Crippen LogP contribution >= 0.6 is 0 Å². The number of rotatable bonds is 4. The summed E-state index contributed by atoms with van der Waals surface area (Å²) in [6.07, 6.45) is 6.98. The Labute approximate surface area is 255 Å². The van der Waals surface area contributed by atoms with Gasteiger partial charge in [0.15, 0.2) is 0 Å². The first-order chi connectivity index (χ1) is 20.8. The summed E-state index contributed by atoms with van der Waals surface area (Å²) in [5.74, 6) is 0. The lowest BCUT2D eigenvalue weighted by atomic mass is 9.80. The molecule has 210 valence electrons. The summed E-state index contributed by atoms with van der Waals surface area (Å²) in [5, 5.41) is 0. The summed E-state index contributed by atoms with van der Waals surface area (Å²) < 4.78 is 0. The molecule has 3 aliphatic carbocycles. The van der Waals surface area contributed by atoms with Crippen LogP contribution in [0.15, 0.2) is 133 Å². The molecule has 5 aromatic rings. The second kappa shape index (κ2) is 9.44. The summed E-state index contributed by atoms with van der Waals surface area (Å²) in [4.78, 5) is 2.46. The molecule has 0 saturated carbocycles. The third kappa shape index (κ3) is 3.91. The zero-order chi connectivity index (χ0) is 29.3. The molecule has 0 saturated heterocycles. The zero-order valence-corrected chi connectivity index (χ0v) is 25.5. The van der Waals surface area contributed by atoms with E-state index in [9.17, 15) is 0 Å². The van der Waals surface area contributed by atoms with Crippen LogP contribution in [0.1, 0.15) is 62.8 Å². The Morgan fingerprint density at radius 3 is 1.84 bits per heavy atom. The van der Waals surface area contributed by atoms with Crippen molar-refractivity contribution in [3.05, 3.63) is 155 Å². The Balaban J connectivity index is 1.28. The molecule has 0 bridgehead atoms. The van der Waals surface area contributed by atoms with Crippen LogP contribution in [0.2, 0.25) is 0 Å². The fourth-order valence-electron chi connectivity index (χ4n) is 7.84. The molecule has 0 aliphatic heterocycles. The number of benzene rings is 5. The molecule has 5 aromatic carbocycles. The van der Waals surface area contributed by atoms with Crippen molar-refractivity contribution in [1.82, 2.24) is 0 Å². The lowest BCUT2D eigenvalue weighted by Crippen LogP contribution is -2.18. The van der Waals surface area contributed by atoms with Crippen molar-refractivity contribution in [2.45, 2.75) is 51.4 Å². The fourth-order valence-corrected chi connectivity index (χ4v) is 7.84. The lowest BCUT2D eigenvalue weighted by molar-refractivity contribution is 0.651. The number of hydrogen-bond acceptors (Lipinski definition) is 1. The third-order valence-corrected chi connectivity index (χ3v) is 10.2. The fraction of sp³-hybridized carbons (Fsp3) is 0.190. The molecule has 0 heterocycles. The van der Waals surface area contributed by atoms with Crippen molar-refractivity contribution in [3.63, 3.8) is 0 Å². The summed E-state index contributed by atoms with van der Waals surface area (Å²) in [6, 6.07) is 42.9. The van der Waals surface area contributed by atoms with Crippen molar-refractivity contribution in [1.29, 1.82) is 0 Å². The van der Waals surface area contributed by atoms with Gasteiger partial charge in [0.25, 0.3) is 0 Å². The van der Waals surface area contributed by atoms with Crippen molar-refractivity contribution >= 4 is 22.6 Å². The Kier molecular flexibility index (Phi) is 5.72. The second-order valence-corrected chi connectivity index (χ2v) is 13.3. The normalized spacial score (nSPS) is 16.8. The van der Waals surface area contributed by atoms with Crippen molar-refractivity contribution < 1.29 is 0 Å². The monoisotopic (exact) mass is 555 g/mol. The average Bonchev–Trinajstić information content (AvgIpc) is 3.41. The standard InChI is InChI=1S/C42H37N/c1-41(2)37-16-10-8-14-33(37)35-24-22-31(26-39(35)41)43(30-20-18-29(19-21-30)28-12-6-5-7-13-28)32-23-25-36-34-15-9-11-17-38(34)42(3,4)40(36)27-32/h5-8,10-14,16-27H,9,15H2,1-4H3. The van der Waals surface area contributed by atoms with Crippen molar-refractivity contribution in [2.24, 2.45) is 0 Å². The Morgan fingerprint density at radius 2 is 1.09 bits per heavy atom. The summed E-state index contributed by atoms with van der Waals surface area (Å²) in [5.41, 5.74) is 17.4. The van der Waals surface area contributed by atoms with E-state index in [1.807, 2.05) is 0 Å². The molecule has 0 spiro atoms. The number of fused-ring (bicyclic) bond motifs is 5. The molecular formula is C42H37N. The van der Waals surface area contributed by atoms with Gasteiger partial charge in [0.1, 0.15) is 0 Å². The first-order valence-electron chi connectivity index (χ1n) is 15.6. The summed E-state index contributed by atoms with van der Waals surface area (Å²) in [7, 11) is 0. The lowest BCUT2D eigenvalue weighted by Gasteiger charge is -2.30. The molecule has 0 aromatic heterocycles. The molecule has 0 radical (unpaired) electrons. The maximum absolute atomic E-state index is 2.46. The highest BCUT2D eigenvalue weighted by Crippen LogP contribution is 2.53. The van der Waals surface area contributed by atoms with Crippen molar-refractivity contribution in [2.75, 3.05) is 4.90 Å². The Bertz CT molecular complexity index is 1950. The van der Waals surface area contributed by atoms with E-state index in [-0.39, 0.29) is 10.8 Å². The third-order valence-electron chi connectivity index (χ3n) is 10.2. The van der Waals surface area contributed by atoms with Crippen molar-refractivity contribution in [3.8, 4) is 22.3 Å². The van der Waals surface area contributed by atoms with E-state index in [0.717, 1.165) is 12.8 Å². The largest absolute Gasteiger partial charge is 0.310 e. The maximum atomic E-state index is 2.46. The minimum absolute atomic E-state index is 0.0119. The molecule has 0 amide bonds. The predicted octanol–water partition coefficient (Wildman–Crippen LogP) is 11.5.